The van der Waals surface area contributed by atoms with E-state index in [0.29, 0.717) is 11.5 Å². The van der Waals surface area contributed by atoms with E-state index < -0.39 is 0 Å². The predicted molar refractivity (Wildman–Crippen MR) is 70.5 cm³/mol. The van der Waals surface area contributed by atoms with Crippen molar-refractivity contribution in [2.75, 3.05) is 6.54 Å². The molecule has 0 saturated heterocycles. The number of nitrogens with one attached hydrogen (secondary N) is 2. The second kappa shape index (κ2) is 5.85. The molecule has 98 valence electrons. The van der Waals surface area contributed by atoms with Crippen LogP contribution in [0.2, 0.25) is 0 Å². The van der Waals surface area contributed by atoms with Crippen LogP contribution in [0, 0.1) is 11.8 Å². The molecule has 0 aromatic carbocycles. The second-order valence-electron chi connectivity index (χ2n) is 5.29. The number of H-pyrrole nitrogens is 1. The number of pyridine rings is 1. The van der Waals surface area contributed by atoms with E-state index >= 15 is 0 Å². The predicted octanol–water partition coefficient (Wildman–Crippen LogP) is 1.93. The van der Waals surface area contributed by atoms with Gasteiger partial charge in [0.15, 0.2) is 0 Å². The van der Waals surface area contributed by atoms with Gasteiger partial charge in [-0.1, -0.05) is 19.8 Å². The van der Waals surface area contributed by atoms with Crippen molar-refractivity contribution in [1.82, 2.24) is 10.3 Å². The molecule has 0 radical (unpaired) electrons. The molecule has 4 nitrogen and oxygen atoms in total. The van der Waals surface area contributed by atoms with Crippen LogP contribution in [0.1, 0.15) is 43.0 Å². The molecule has 18 heavy (non-hydrogen) atoms. The molecule has 1 fully saturated rings. The Hall–Kier alpha value is -1.58. The highest BCUT2D eigenvalue weighted by Crippen LogP contribution is 2.27. The molecule has 1 aromatic rings. The third-order valence-corrected chi connectivity index (χ3v) is 3.63. The summed E-state index contributed by atoms with van der Waals surface area (Å²) >= 11 is 0. The van der Waals surface area contributed by atoms with Crippen LogP contribution >= 0.6 is 0 Å². The minimum absolute atomic E-state index is 0.153. The molecule has 1 aliphatic carbocycles. The quantitative estimate of drug-likeness (QED) is 0.858. The topological polar surface area (TPSA) is 62.0 Å². The highest BCUT2D eigenvalue weighted by atomic mass is 16.2. The number of hydrogen-bond donors (Lipinski definition) is 2. The maximum absolute atomic E-state index is 11.9. The monoisotopic (exact) mass is 248 g/mol. The van der Waals surface area contributed by atoms with Gasteiger partial charge in [-0.25, -0.2) is 0 Å². The van der Waals surface area contributed by atoms with Crippen molar-refractivity contribution >= 4 is 5.91 Å². The lowest BCUT2D eigenvalue weighted by Gasteiger charge is -2.26. The zero-order valence-corrected chi connectivity index (χ0v) is 10.7. The van der Waals surface area contributed by atoms with Gasteiger partial charge in [-0.3, -0.25) is 9.59 Å². The molecule has 0 aliphatic heterocycles. The van der Waals surface area contributed by atoms with Gasteiger partial charge < -0.3 is 10.3 Å². The molecular weight excluding hydrogens is 228 g/mol. The number of carbonyl (C=O) groups excluding carboxylic acids is 1. The van der Waals surface area contributed by atoms with E-state index in [1.165, 1.54) is 37.9 Å². The molecule has 2 N–H and O–H groups in total. The SMILES string of the molecule is CC1CCCC(CNC(=O)c2cc[nH]c(=O)c2)C1. The van der Waals surface area contributed by atoms with E-state index in [0.717, 1.165) is 12.5 Å². The molecule has 1 aliphatic rings. The van der Waals surface area contributed by atoms with Gasteiger partial charge in [0.1, 0.15) is 0 Å². The summed E-state index contributed by atoms with van der Waals surface area (Å²) in [5.74, 6) is 1.19. The molecule has 1 aromatic heterocycles. The third kappa shape index (κ3) is 3.45. The van der Waals surface area contributed by atoms with Crippen molar-refractivity contribution in [2.45, 2.75) is 32.6 Å². The molecule has 4 heteroatoms. The maximum Gasteiger partial charge on any atom is 0.251 e. The molecule has 0 bridgehead atoms. The normalized spacial score (nSPS) is 23.6. The fourth-order valence-corrected chi connectivity index (χ4v) is 2.67. The van der Waals surface area contributed by atoms with E-state index in [1.54, 1.807) is 6.07 Å². The van der Waals surface area contributed by atoms with Crippen LogP contribution in [-0.4, -0.2) is 17.4 Å². The summed E-state index contributed by atoms with van der Waals surface area (Å²) in [4.78, 5) is 25.5. The summed E-state index contributed by atoms with van der Waals surface area (Å²) in [5, 5.41) is 2.92. The van der Waals surface area contributed by atoms with Gasteiger partial charge in [0.2, 0.25) is 5.56 Å². The first kappa shape index (κ1) is 12.9. The van der Waals surface area contributed by atoms with E-state index in [1.807, 2.05) is 0 Å². The Labute approximate surface area is 107 Å². The summed E-state index contributed by atoms with van der Waals surface area (Å²) in [6.45, 7) is 2.99. The van der Waals surface area contributed by atoms with Crippen LogP contribution in [0.15, 0.2) is 23.1 Å². The van der Waals surface area contributed by atoms with Crippen molar-refractivity contribution in [3.63, 3.8) is 0 Å². The number of aromatic nitrogens is 1. The Balaban J connectivity index is 1.86. The zero-order valence-electron chi connectivity index (χ0n) is 10.7. The van der Waals surface area contributed by atoms with Crippen LogP contribution in [-0.2, 0) is 0 Å². The van der Waals surface area contributed by atoms with Gasteiger partial charge in [-0.2, -0.15) is 0 Å². The van der Waals surface area contributed by atoms with Crippen LogP contribution in [0.5, 0.6) is 0 Å². The van der Waals surface area contributed by atoms with Gasteiger partial charge in [-0.15, -0.1) is 0 Å². The molecule has 1 heterocycles. The summed E-state index contributed by atoms with van der Waals surface area (Å²) in [5.41, 5.74) is 0.191. The Bertz CT molecular complexity index is 467. The first-order valence-electron chi connectivity index (χ1n) is 6.62. The lowest BCUT2D eigenvalue weighted by molar-refractivity contribution is 0.0940. The summed E-state index contributed by atoms with van der Waals surface area (Å²) in [6.07, 6.45) is 6.45. The number of carbonyl (C=O) groups is 1. The van der Waals surface area contributed by atoms with Gasteiger partial charge in [-0.05, 0) is 30.7 Å². The average molecular weight is 248 g/mol. The minimum Gasteiger partial charge on any atom is -0.352 e. The molecule has 2 rings (SSSR count). The van der Waals surface area contributed by atoms with E-state index in [-0.39, 0.29) is 11.5 Å². The molecular formula is C14H20N2O2. The second-order valence-corrected chi connectivity index (χ2v) is 5.29. The summed E-state index contributed by atoms with van der Waals surface area (Å²) in [7, 11) is 0. The van der Waals surface area contributed by atoms with Crippen molar-refractivity contribution in [3.05, 3.63) is 34.2 Å². The number of amides is 1. The Morgan fingerprint density at radius 3 is 3.06 bits per heavy atom. The zero-order chi connectivity index (χ0) is 13.0. The van der Waals surface area contributed by atoms with E-state index in [4.69, 9.17) is 0 Å². The van der Waals surface area contributed by atoms with Crippen LogP contribution in [0.25, 0.3) is 0 Å². The number of hydrogen-bond acceptors (Lipinski definition) is 2. The first-order valence-corrected chi connectivity index (χ1v) is 6.62. The largest absolute Gasteiger partial charge is 0.352 e. The smallest absolute Gasteiger partial charge is 0.251 e. The van der Waals surface area contributed by atoms with Crippen LogP contribution in [0.3, 0.4) is 0 Å². The van der Waals surface area contributed by atoms with Crippen LogP contribution < -0.4 is 10.9 Å². The van der Waals surface area contributed by atoms with Crippen molar-refractivity contribution in [3.8, 4) is 0 Å². The minimum atomic E-state index is -0.242. The summed E-state index contributed by atoms with van der Waals surface area (Å²) < 4.78 is 0. The van der Waals surface area contributed by atoms with Gasteiger partial charge in [0.25, 0.3) is 5.91 Å². The first-order chi connectivity index (χ1) is 8.65. The molecule has 2 atom stereocenters. The fourth-order valence-electron chi connectivity index (χ4n) is 2.67. The van der Waals surface area contributed by atoms with Crippen LogP contribution in [0.4, 0.5) is 0 Å². The standard InChI is InChI=1S/C14H20N2O2/c1-10-3-2-4-11(7-10)9-16-14(18)12-5-6-15-13(17)8-12/h5-6,8,10-11H,2-4,7,9H2,1H3,(H,15,17)(H,16,18). The highest BCUT2D eigenvalue weighted by Gasteiger charge is 2.19. The van der Waals surface area contributed by atoms with Crippen molar-refractivity contribution in [1.29, 1.82) is 0 Å². The number of rotatable bonds is 3. The Kier molecular flexibility index (Phi) is 4.18. The van der Waals surface area contributed by atoms with Gasteiger partial charge >= 0.3 is 0 Å². The average Bonchev–Trinajstić information content (AvgIpc) is 2.36. The lowest BCUT2D eigenvalue weighted by atomic mass is 9.82. The molecule has 0 spiro atoms. The third-order valence-electron chi connectivity index (χ3n) is 3.63. The van der Waals surface area contributed by atoms with Gasteiger partial charge in [0, 0.05) is 24.4 Å². The fraction of sp³-hybridized carbons (Fsp3) is 0.571. The molecule has 1 saturated carbocycles. The van der Waals surface area contributed by atoms with E-state index in [2.05, 4.69) is 17.2 Å². The van der Waals surface area contributed by atoms with E-state index in [9.17, 15) is 9.59 Å². The van der Waals surface area contributed by atoms with Crippen molar-refractivity contribution in [2.24, 2.45) is 11.8 Å². The van der Waals surface area contributed by atoms with Gasteiger partial charge in [0.05, 0.1) is 0 Å². The highest BCUT2D eigenvalue weighted by molar-refractivity contribution is 5.93. The molecule has 2 unspecified atom stereocenters. The lowest BCUT2D eigenvalue weighted by Crippen LogP contribution is -2.32. The Morgan fingerprint density at radius 2 is 2.33 bits per heavy atom. The van der Waals surface area contributed by atoms with Crippen molar-refractivity contribution < 1.29 is 4.79 Å². The summed E-state index contributed by atoms with van der Waals surface area (Å²) in [6, 6.07) is 2.96. The molecule has 1 amide bonds. The number of aromatic amines is 1. The Morgan fingerprint density at radius 1 is 1.50 bits per heavy atom. The maximum atomic E-state index is 11.9.